The minimum atomic E-state index is 1.09. The molecule has 1 aromatic heterocycles. The maximum atomic E-state index is 2.38. The van der Waals surface area contributed by atoms with E-state index in [0.717, 1.165) is 34.1 Å². The minimum Gasteiger partial charge on any atom is -0.310 e. The van der Waals surface area contributed by atoms with Crippen LogP contribution >= 0.6 is 11.3 Å². The number of para-hydroxylation sites is 1. The highest BCUT2D eigenvalue weighted by atomic mass is 32.1. The van der Waals surface area contributed by atoms with Gasteiger partial charge in [0.15, 0.2) is 0 Å². The van der Waals surface area contributed by atoms with Gasteiger partial charge in [-0.3, -0.25) is 0 Å². The van der Waals surface area contributed by atoms with E-state index in [1.807, 2.05) is 11.3 Å². The van der Waals surface area contributed by atoms with Gasteiger partial charge in [0.05, 0.1) is 5.69 Å². The first kappa shape index (κ1) is 32.7. The maximum absolute atomic E-state index is 2.38. The number of nitrogens with zero attached hydrogens (tertiary/aromatic N) is 2. The van der Waals surface area contributed by atoms with E-state index in [1.165, 1.54) is 53.2 Å². The zero-order chi connectivity index (χ0) is 36.6. The Morgan fingerprint density at radius 3 is 1.44 bits per heavy atom. The van der Waals surface area contributed by atoms with Gasteiger partial charge >= 0.3 is 0 Å². The van der Waals surface area contributed by atoms with E-state index in [1.54, 1.807) is 0 Å². The number of anilines is 6. The number of hydrogen-bond donors (Lipinski definition) is 0. The molecule has 0 saturated heterocycles. The fraction of sp³-hybridized carbons (Fsp3) is 0. The Morgan fingerprint density at radius 1 is 0.273 bits per heavy atom. The summed E-state index contributed by atoms with van der Waals surface area (Å²) >= 11 is 1.85. The SMILES string of the molecule is c1ccc(-c2ccc(N(c3ccc(N(c4ccccc4)c4ccc(-c5ccccc5)c5ccccc45)cc3)c3ccc4c(c3)sc3ccccc34)cc2)cc1. The Balaban J connectivity index is 1.10. The zero-order valence-corrected chi connectivity index (χ0v) is 30.9. The molecule has 0 unspecified atom stereocenters. The molecule has 0 saturated carbocycles. The van der Waals surface area contributed by atoms with Gasteiger partial charge in [-0.15, -0.1) is 11.3 Å². The number of thiophene rings is 1. The van der Waals surface area contributed by atoms with Crippen molar-refractivity contribution in [2.45, 2.75) is 0 Å². The van der Waals surface area contributed by atoms with Gasteiger partial charge in [0.1, 0.15) is 0 Å². The average molecular weight is 721 g/mol. The molecule has 55 heavy (non-hydrogen) atoms. The van der Waals surface area contributed by atoms with Crippen LogP contribution in [0.3, 0.4) is 0 Å². The van der Waals surface area contributed by atoms with E-state index in [9.17, 15) is 0 Å². The predicted molar refractivity (Wildman–Crippen MR) is 237 cm³/mol. The number of fused-ring (bicyclic) bond motifs is 4. The van der Waals surface area contributed by atoms with Crippen LogP contribution in [0.4, 0.5) is 34.1 Å². The molecule has 3 heteroatoms. The highest BCUT2D eigenvalue weighted by Gasteiger charge is 2.19. The molecule has 1 heterocycles. The summed E-state index contributed by atoms with van der Waals surface area (Å²) in [5.74, 6) is 0. The molecule has 2 nitrogen and oxygen atoms in total. The first-order valence-electron chi connectivity index (χ1n) is 18.7. The Labute approximate surface area is 325 Å². The van der Waals surface area contributed by atoms with Crippen molar-refractivity contribution in [3.63, 3.8) is 0 Å². The Morgan fingerprint density at radius 2 is 0.745 bits per heavy atom. The summed E-state index contributed by atoms with van der Waals surface area (Å²) < 4.78 is 2.59. The van der Waals surface area contributed by atoms with Crippen molar-refractivity contribution in [2.75, 3.05) is 9.80 Å². The third-order valence-electron chi connectivity index (χ3n) is 10.5. The van der Waals surface area contributed by atoms with Gasteiger partial charge in [0.25, 0.3) is 0 Å². The fourth-order valence-electron chi connectivity index (χ4n) is 7.84. The monoisotopic (exact) mass is 720 g/mol. The van der Waals surface area contributed by atoms with Crippen LogP contribution in [0, 0.1) is 0 Å². The predicted octanol–water partition coefficient (Wildman–Crippen LogP) is 15.5. The average Bonchev–Trinajstić information content (AvgIpc) is 3.64. The summed E-state index contributed by atoms with van der Waals surface area (Å²) in [6.07, 6.45) is 0. The van der Waals surface area contributed by atoms with Gasteiger partial charge in [-0.1, -0.05) is 146 Å². The van der Waals surface area contributed by atoms with E-state index in [2.05, 4.69) is 228 Å². The first-order chi connectivity index (χ1) is 27.3. The molecule has 0 bridgehead atoms. The van der Waals surface area contributed by atoms with Crippen LogP contribution in [0.5, 0.6) is 0 Å². The number of benzene rings is 9. The van der Waals surface area contributed by atoms with Gasteiger partial charge in [-0.05, 0) is 100 Å². The van der Waals surface area contributed by atoms with Gasteiger partial charge in [0.2, 0.25) is 0 Å². The summed E-state index contributed by atoms with van der Waals surface area (Å²) in [6, 6.07) is 78.8. The summed E-state index contributed by atoms with van der Waals surface area (Å²) in [4.78, 5) is 4.75. The van der Waals surface area contributed by atoms with Crippen molar-refractivity contribution in [3.8, 4) is 22.3 Å². The van der Waals surface area contributed by atoms with Gasteiger partial charge < -0.3 is 9.80 Å². The molecule has 0 radical (unpaired) electrons. The summed E-state index contributed by atoms with van der Waals surface area (Å²) in [5, 5.41) is 5.03. The lowest BCUT2D eigenvalue weighted by Gasteiger charge is -2.29. The second-order valence-corrected chi connectivity index (χ2v) is 14.8. The molecule has 0 aliphatic rings. The Hall–Kier alpha value is -6.94. The second kappa shape index (κ2) is 14.1. The van der Waals surface area contributed by atoms with E-state index < -0.39 is 0 Å². The molecule has 0 aliphatic carbocycles. The lowest BCUT2D eigenvalue weighted by Crippen LogP contribution is -2.12. The van der Waals surface area contributed by atoms with Crippen molar-refractivity contribution in [1.29, 1.82) is 0 Å². The molecular weight excluding hydrogens is 685 g/mol. The number of rotatable bonds is 8. The van der Waals surface area contributed by atoms with Crippen molar-refractivity contribution in [2.24, 2.45) is 0 Å². The third kappa shape index (κ3) is 6.11. The molecule has 0 fully saturated rings. The van der Waals surface area contributed by atoms with Crippen LogP contribution in [0.1, 0.15) is 0 Å². The van der Waals surface area contributed by atoms with Crippen molar-refractivity contribution in [3.05, 3.63) is 218 Å². The Bertz CT molecular complexity index is 2900. The third-order valence-corrected chi connectivity index (χ3v) is 11.6. The topological polar surface area (TPSA) is 6.48 Å². The van der Waals surface area contributed by atoms with Gasteiger partial charge in [-0.25, -0.2) is 0 Å². The highest BCUT2D eigenvalue weighted by molar-refractivity contribution is 7.25. The first-order valence-corrected chi connectivity index (χ1v) is 19.5. The molecule has 0 spiro atoms. The Kier molecular flexibility index (Phi) is 8.40. The molecule has 260 valence electrons. The lowest BCUT2D eigenvalue weighted by molar-refractivity contribution is 1.26. The molecular formula is C52H36N2S. The van der Waals surface area contributed by atoms with Crippen molar-refractivity contribution < 1.29 is 0 Å². The van der Waals surface area contributed by atoms with E-state index in [-0.39, 0.29) is 0 Å². The summed E-state index contributed by atoms with van der Waals surface area (Å²) in [5.41, 5.74) is 11.5. The van der Waals surface area contributed by atoms with Crippen molar-refractivity contribution >= 4 is 76.4 Å². The fourth-order valence-corrected chi connectivity index (χ4v) is 8.98. The lowest BCUT2D eigenvalue weighted by atomic mass is 9.96. The standard InChI is InChI=1S/C52H36N2S/c1-4-14-37(15-5-1)38-24-26-41(27-25-38)53(44-32-33-49-48-22-12-13-23-51(48)55-52(49)36-44)42-28-30-43(31-29-42)54(40-18-8-3-9-19-40)50-35-34-45(39-16-6-2-7-17-39)46-20-10-11-21-47(46)50/h1-36H. The van der Waals surface area contributed by atoms with Crippen LogP contribution in [0.25, 0.3) is 53.2 Å². The van der Waals surface area contributed by atoms with Crippen LogP contribution < -0.4 is 9.80 Å². The smallest absolute Gasteiger partial charge is 0.0540 e. The molecule has 0 amide bonds. The largest absolute Gasteiger partial charge is 0.310 e. The molecule has 10 rings (SSSR count). The minimum absolute atomic E-state index is 1.09. The van der Waals surface area contributed by atoms with Crippen LogP contribution in [-0.2, 0) is 0 Å². The molecule has 0 aliphatic heterocycles. The van der Waals surface area contributed by atoms with Crippen LogP contribution in [0.2, 0.25) is 0 Å². The quantitative estimate of drug-likeness (QED) is 0.154. The molecule has 0 N–H and O–H groups in total. The van der Waals surface area contributed by atoms with E-state index in [0.29, 0.717) is 0 Å². The summed E-state index contributed by atoms with van der Waals surface area (Å²) in [6.45, 7) is 0. The highest BCUT2D eigenvalue weighted by Crippen LogP contribution is 2.44. The molecule has 0 atom stereocenters. The van der Waals surface area contributed by atoms with Crippen LogP contribution in [-0.4, -0.2) is 0 Å². The van der Waals surface area contributed by atoms with Gasteiger partial charge in [0, 0.05) is 54.0 Å². The zero-order valence-electron chi connectivity index (χ0n) is 30.1. The van der Waals surface area contributed by atoms with Crippen LogP contribution in [0.15, 0.2) is 218 Å². The molecule has 10 aromatic rings. The molecule has 9 aromatic carbocycles. The summed E-state index contributed by atoms with van der Waals surface area (Å²) in [7, 11) is 0. The van der Waals surface area contributed by atoms with Crippen molar-refractivity contribution in [1.82, 2.24) is 0 Å². The van der Waals surface area contributed by atoms with E-state index in [4.69, 9.17) is 0 Å². The van der Waals surface area contributed by atoms with Gasteiger partial charge in [-0.2, -0.15) is 0 Å². The second-order valence-electron chi connectivity index (χ2n) is 13.8. The maximum Gasteiger partial charge on any atom is 0.0540 e. The normalized spacial score (nSPS) is 11.3. The number of hydrogen-bond acceptors (Lipinski definition) is 3. The van der Waals surface area contributed by atoms with E-state index >= 15 is 0 Å².